The van der Waals surface area contributed by atoms with Crippen molar-refractivity contribution < 1.29 is 18.1 Å². The normalized spacial score (nSPS) is 15.1. The number of piperazine rings is 1. The van der Waals surface area contributed by atoms with E-state index in [0.29, 0.717) is 23.7 Å². The highest BCUT2D eigenvalue weighted by Gasteiger charge is 2.30. The summed E-state index contributed by atoms with van der Waals surface area (Å²) < 4.78 is 27.3. The molecule has 1 saturated heterocycles. The second kappa shape index (κ2) is 10.2. The van der Waals surface area contributed by atoms with Crippen LogP contribution in [0.1, 0.15) is 16.7 Å². The van der Waals surface area contributed by atoms with Gasteiger partial charge in [0.2, 0.25) is 15.9 Å². The number of aryl methyl sites for hydroxylation is 2. The fraction of sp³-hybridized carbons (Fsp3) is 0.409. The van der Waals surface area contributed by atoms with Gasteiger partial charge in [0.1, 0.15) is 0 Å². The highest BCUT2D eigenvalue weighted by atomic mass is 35.5. The topological polar surface area (TPSA) is 104 Å². The molecule has 33 heavy (non-hydrogen) atoms. The van der Waals surface area contributed by atoms with Crippen LogP contribution in [-0.2, 0) is 21.4 Å². The standard InChI is InChI=1S/C22H27ClN4O5S/c1-16-4-6-20(12-17(16)2)33(31,32)26-10-8-25(9-11-26)22(28)15-24(3)14-18-13-19(27(29)30)5-7-21(18)23/h4-7,12-13H,8-11,14-15H2,1-3H3. The van der Waals surface area contributed by atoms with Crippen LogP contribution in [0.2, 0.25) is 5.02 Å². The Bertz CT molecular complexity index is 1160. The van der Waals surface area contributed by atoms with Crippen molar-refractivity contribution in [3.63, 3.8) is 0 Å². The van der Waals surface area contributed by atoms with Gasteiger partial charge in [0.25, 0.3) is 5.69 Å². The van der Waals surface area contributed by atoms with E-state index in [9.17, 15) is 23.3 Å². The summed E-state index contributed by atoms with van der Waals surface area (Å²) in [5.74, 6) is -0.137. The molecule has 3 rings (SSSR count). The Hall–Kier alpha value is -2.53. The van der Waals surface area contributed by atoms with Gasteiger partial charge in [-0.15, -0.1) is 0 Å². The monoisotopic (exact) mass is 494 g/mol. The van der Waals surface area contributed by atoms with Crippen LogP contribution in [0.5, 0.6) is 0 Å². The number of hydrogen-bond acceptors (Lipinski definition) is 6. The number of nitro groups is 1. The van der Waals surface area contributed by atoms with Gasteiger partial charge in [-0.2, -0.15) is 4.31 Å². The van der Waals surface area contributed by atoms with Crippen molar-refractivity contribution in [2.45, 2.75) is 25.3 Å². The van der Waals surface area contributed by atoms with E-state index in [1.54, 1.807) is 35.0 Å². The number of nitro benzene ring substituents is 1. The van der Waals surface area contributed by atoms with Gasteiger partial charge in [0.15, 0.2) is 0 Å². The molecule has 11 heteroatoms. The summed E-state index contributed by atoms with van der Waals surface area (Å²) in [7, 11) is -1.89. The van der Waals surface area contributed by atoms with Crippen LogP contribution in [0.15, 0.2) is 41.3 Å². The predicted octanol–water partition coefficient (Wildman–Crippen LogP) is 2.83. The summed E-state index contributed by atoms with van der Waals surface area (Å²) in [6.07, 6.45) is 0. The largest absolute Gasteiger partial charge is 0.339 e. The molecule has 0 atom stereocenters. The van der Waals surface area contributed by atoms with Crippen molar-refractivity contribution in [1.82, 2.24) is 14.1 Å². The van der Waals surface area contributed by atoms with Crippen LogP contribution in [0.3, 0.4) is 0 Å². The smallest absolute Gasteiger partial charge is 0.269 e. The quantitative estimate of drug-likeness (QED) is 0.433. The summed E-state index contributed by atoms with van der Waals surface area (Å²) in [6.45, 7) is 5.21. The Labute approximate surface area is 198 Å². The number of non-ortho nitro benzene ring substituents is 1. The third kappa shape index (κ3) is 5.89. The lowest BCUT2D eigenvalue weighted by Gasteiger charge is -2.35. The first kappa shape index (κ1) is 25.1. The van der Waals surface area contributed by atoms with Crippen molar-refractivity contribution in [3.05, 3.63) is 68.2 Å². The fourth-order valence-corrected chi connectivity index (χ4v) is 5.36. The first-order chi connectivity index (χ1) is 15.5. The number of amides is 1. The van der Waals surface area contributed by atoms with Crippen molar-refractivity contribution in [2.75, 3.05) is 39.8 Å². The Balaban J connectivity index is 1.57. The van der Waals surface area contributed by atoms with Crippen molar-refractivity contribution in [3.8, 4) is 0 Å². The molecular weight excluding hydrogens is 468 g/mol. The van der Waals surface area contributed by atoms with E-state index >= 15 is 0 Å². The lowest BCUT2D eigenvalue weighted by molar-refractivity contribution is -0.384. The molecule has 0 aliphatic carbocycles. The molecule has 0 aromatic heterocycles. The van der Waals surface area contributed by atoms with E-state index in [1.165, 1.54) is 22.5 Å². The summed E-state index contributed by atoms with van der Waals surface area (Å²) in [6, 6.07) is 9.30. The van der Waals surface area contributed by atoms with Gasteiger partial charge in [-0.3, -0.25) is 19.8 Å². The molecular formula is C22H27ClN4O5S. The van der Waals surface area contributed by atoms with E-state index in [-0.39, 0.29) is 42.7 Å². The summed E-state index contributed by atoms with van der Waals surface area (Å²) in [5.41, 5.74) is 2.44. The SMILES string of the molecule is Cc1ccc(S(=O)(=O)N2CCN(C(=O)CN(C)Cc3cc([N+](=O)[O-])ccc3Cl)CC2)cc1C. The molecule has 1 aliphatic rings. The van der Waals surface area contributed by atoms with Gasteiger partial charge in [0.05, 0.1) is 16.4 Å². The predicted molar refractivity (Wildman–Crippen MR) is 126 cm³/mol. The molecule has 9 nitrogen and oxygen atoms in total. The third-order valence-electron chi connectivity index (χ3n) is 5.79. The van der Waals surface area contributed by atoms with Gasteiger partial charge >= 0.3 is 0 Å². The highest BCUT2D eigenvalue weighted by molar-refractivity contribution is 7.89. The van der Waals surface area contributed by atoms with Crippen molar-refractivity contribution >= 4 is 33.2 Å². The number of sulfonamides is 1. The van der Waals surface area contributed by atoms with Gasteiger partial charge < -0.3 is 4.90 Å². The maximum atomic E-state index is 13.0. The second-order valence-electron chi connectivity index (χ2n) is 8.24. The molecule has 0 spiro atoms. The molecule has 1 heterocycles. The zero-order chi connectivity index (χ0) is 24.3. The third-order valence-corrected chi connectivity index (χ3v) is 8.06. The second-order valence-corrected chi connectivity index (χ2v) is 10.6. The van der Waals surface area contributed by atoms with Gasteiger partial charge in [0, 0.05) is 49.9 Å². The first-order valence-electron chi connectivity index (χ1n) is 10.5. The number of benzene rings is 2. The number of nitrogens with zero attached hydrogens (tertiary/aromatic N) is 4. The first-order valence-corrected chi connectivity index (χ1v) is 12.3. The summed E-state index contributed by atoms with van der Waals surface area (Å²) in [5, 5.41) is 11.4. The van der Waals surface area contributed by atoms with Crippen LogP contribution < -0.4 is 0 Å². The van der Waals surface area contributed by atoms with Crippen LogP contribution >= 0.6 is 11.6 Å². The highest BCUT2D eigenvalue weighted by Crippen LogP contribution is 2.24. The fourth-order valence-electron chi connectivity index (χ4n) is 3.67. The number of likely N-dealkylation sites (N-methyl/N-ethyl adjacent to an activating group) is 1. The molecule has 2 aromatic rings. The van der Waals surface area contributed by atoms with Crippen LogP contribution in [0.25, 0.3) is 0 Å². The van der Waals surface area contributed by atoms with E-state index in [2.05, 4.69) is 0 Å². The minimum Gasteiger partial charge on any atom is -0.339 e. The van der Waals surface area contributed by atoms with Crippen molar-refractivity contribution in [2.24, 2.45) is 0 Å². The van der Waals surface area contributed by atoms with Crippen LogP contribution in [0, 0.1) is 24.0 Å². The summed E-state index contributed by atoms with van der Waals surface area (Å²) >= 11 is 6.15. The zero-order valence-corrected chi connectivity index (χ0v) is 20.4. The maximum Gasteiger partial charge on any atom is 0.269 e. The number of halogens is 1. The molecule has 1 aliphatic heterocycles. The number of carbonyl (C=O) groups is 1. The van der Waals surface area contributed by atoms with Gasteiger partial charge in [-0.1, -0.05) is 17.7 Å². The number of rotatable bonds is 7. The van der Waals surface area contributed by atoms with E-state index in [1.807, 2.05) is 13.8 Å². The molecule has 0 unspecified atom stereocenters. The van der Waals surface area contributed by atoms with Gasteiger partial charge in [-0.25, -0.2) is 8.42 Å². The van der Waals surface area contributed by atoms with Gasteiger partial charge in [-0.05, 0) is 55.8 Å². The number of hydrogen-bond donors (Lipinski definition) is 0. The Morgan fingerprint density at radius 3 is 2.36 bits per heavy atom. The van der Waals surface area contributed by atoms with E-state index in [4.69, 9.17) is 11.6 Å². The average Bonchev–Trinajstić information content (AvgIpc) is 2.76. The zero-order valence-electron chi connectivity index (χ0n) is 18.8. The molecule has 1 amide bonds. The number of carbonyl (C=O) groups excluding carboxylic acids is 1. The van der Waals surface area contributed by atoms with E-state index in [0.717, 1.165) is 11.1 Å². The Kier molecular flexibility index (Phi) is 7.73. The Morgan fingerprint density at radius 2 is 1.76 bits per heavy atom. The van der Waals surface area contributed by atoms with Crippen LogP contribution in [0.4, 0.5) is 5.69 Å². The average molecular weight is 495 g/mol. The molecule has 0 saturated carbocycles. The minimum absolute atomic E-state index is 0.0600. The molecule has 178 valence electrons. The molecule has 1 fully saturated rings. The maximum absolute atomic E-state index is 13.0. The molecule has 0 radical (unpaired) electrons. The lowest BCUT2D eigenvalue weighted by Crippen LogP contribution is -2.52. The van der Waals surface area contributed by atoms with E-state index < -0.39 is 14.9 Å². The minimum atomic E-state index is -3.61. The van der Waals surface area contributed by atoms with Crippen LogP contribution in [-0.4, -0.2) is 73.1 Å². The Morgan fingerprint density at radius 1 is 1.09 bits per heavy atom. The summed E-state index contributed by atoms with van der Waals surface area (Å²) in [4.78, 5) is 26.9. The molecule has 0 N–H and O–H groups in total. The lowest BCUT2D eigenvalue weighted by atomic mass is 10.1. The molecule has 0 bridgehead atoms. The van der Waals surface area contributed by atoms with Crippen molar-refractivity contribution in [1.29, 1.82) is 0 Å². The molecule has 2 aromatic carbocycles.